The first-order valence-electron chi connectivity index (χ1n) is 0.995. The van der Waals surface area contributed by atoms with E-state index in [-0.39, 0.29) is 103 Å². The van der Waals surface area contributed by atoms with Gasteiger partial charge in [0.2, 0.25) is 0 Å². The second-order valence-corrected chi connectivity index (χ2v) is 2.31. The van der Waals surface area contributed by atoms with E-state index in [1.165, 1.54) is 0 Å². The molecule has 0 aliphatic carbocycles. The predicted molar refractivity (Wildman–Crippen MR) is 13.5 cm³/mol. The van der Waals surface area contributed by atoms with Crippen molar-refractivity contribution in [1.29, 1.82) is 0 Å². The Labute approximate surface area is 128 Å². The van der Waals surface area contributed by atoms with Gasteiger partial charge in [-0.2, -0.15) is 0 Å². The second-order valence-electron chi connectivity index (χ2n) is 0.771. The molecule has 3 nitrogen and oxygen atoms in total. The minimum Gasteiger partial charge on any atom is -0.811 e. The van der Waals surface area contributed by atoms with Crippen molar-refractivity contribution in [1.82, 2.24) is 0 Å². The molecule has 0 aromatic carbocycles. The average molecular weight is 172 g/mol. The summed E-state index contributed by atoms with van der Waals surface area (Å²) in [5.74, 6) is 0. The molecule has 0 saturated heterocycles. The molecular formula is CH3K2O3P. The van der Waals surface area contributed by atoms with Gasteiger partial charge in [-0.1, -0.05) is 7.60 Å². The maximum absolute atomic E-state index is 9.10. The van der Waals surface area contributed by atoms with Gasteiger partial charge >= 0.3 is 103 Å². The molecule has 0 atom stereocenters. The largest absolute Gasteiger partial charge is 1.00 e. The fourth-order valence-electron chi connectivity index (χ4n) is 0. The Hall–Kier alpha value is 3.42. The molecule has 0 saturated carbocycles. The van der Waals surface area contributed by atoms with E-state index < -0.39 is 7.60 Å². The van der Waals surface area contributed by atoms with Crippen molar-refractivity contribution in [3.63, 3.8) is 0 Å². The van der Waals surface area contributed by atoms with Gasteiger partial charge in [0.05, 0.1) is 0 Å². The first-order chi connectivity index (χ1) is 2.00. The van der Waals surface area contributed by atoms with Crippen LogP contribution in [0.25, 0.3) is 0 Å². The summed E-state index contributed by atoms with van der Waals surface area (Å²) < 4.78 is 9.10. The van der Waals surface area contributed by atoms with Crippen molar-refractivity contribution in [3.05, 3.63) is 0 Å². The molecule has 0 rings (SSSR count). The van der Waals surface area contributed by atoms with Crippen molar-refractivity contribution >= 4 is 7.60 Å². The van der Waals surface area contributed by atoms with Crippen LogP contribution in [-0.2, 0) is 4.57 Å². The fourth-order valence-corrected chi connectivity index (χ4v) is 0. The standard InChI is InChI=1S/CH5O3P.2K/c1-5(2,3)4;;/h1H3,(H2,2,3,4);;/q;2*+1/p-2. The second kappa shape index (κ2) is 7.53. The van der Waals surface area contributed by atoms with Gasteiger partial charge in [0.25, 0.3) is 0 Å². The van der Waals surface area contributed by atoms with Crippen molar-refractivity contribution in [2.24, 2.45) is 0 Å². The number of hydrogen-bond donors (Lipinski definition) is 0. The summed E-state index contributed by atoms with van der Waals surface area (Å²) in [4.78, 5) is 18.2. The summed E-state index contributed by atoms with van der Waals surface area (Å²) in [6.07, 6.45) is 0. The van der Waals surface area contributed by atoms with Crippen LogP contribution in [-0.4, -0.2) is 6.66 Å². The third kappa shape index (κ3) is 44.3. The molecule has 0 aliphatic heterocycles. The minimum absolute atomic E-state index is 0. The van der Waals surface area contributed by atoms with Crippen LogP contribution in [0.15, 0.2) is 0 Å². The maximum atomic E-state index is 9.10. The normalized spacial score (nSPS) is 8.43. The van der Waals surface area contributed by atoms with E-state index in [9.17, 15) is 0 Å². The SMILES string of the molecule is CP(=O)([O-])[O-].[K+].[K+]. The number of hydrogen-bond acceptors (Lipinski definition) is 3. The molecule has 0 radical (unpaired) electrons. The minimum atomic E-state index is -4.14. The van der Waals surface area contributed by atoms with E-state index in [1.807, 2.05) is 0 Å². The molecule has 0 aromatic heterocycles. The van der Waals surface area contributed by atoms with E-state index in [1.54, 1.807) is 0 Å². The van der Waals surface area contributed by atoms with Gasteiger partial charge in [0, 0.05) is 0 Å². The van der Waals surface area contributed by atoms with Crippen LogP contribution >= 0.6 is 7.60 Å². The summed E-state index contributed by atoms with van der Waals surface area (Å²) in [7, 11) is -4.14. The fraction of sp³-hybridized carbons (Fsp3) is 1.00. The van der Waals surface area contributed by atoms with Crippen LogP contribution < -0.4 is 113 Å². The molecule has 0 aliphatic rings. The Morgan fingerprint density at radius 2 is 1.29 bits per heavy atom. The molecule has 0 spiro atoms. The number of rotatable bonds is 0. The summed E-state index contributed by atoms with van der Waals surface area (Å²) in [6, 6.07) is 0. The van der Waals surface area contributed by atoms with E-state index in [4.69, 9.17) is 14.4 Å². The average Bonchev–Trinajstić information content (AvgIpc) is 0.722. The molecule has 7 heavy (non-hydrogen) atoms. The third-order valence-corrected chi connectivity index (χ3v) is 0. The van der Waals surface area contributed by atoms with E-state index >= 15 is 0 Å². The van der Waals surface area contributed by atoms with Crippen molar-refractivity contribution < 1.29 is 117 Å². The Morgan fingerprint density at radius 1 is 1.29 bits per heavy atom. The molecule has 0 unspecified atom stereocenters. The summed E-state index contributed by atoms with van der Waals surface area (Å²) in [6.45, 7) is 0.632. The van der Waals surface area contributed by atoms with Crippen LogP contribution in [0.5, 0.6) is 0 Å². The smallest absolute Gasteiger partial charge is 0.811 e. The molecule has 32 valence electrons. The summed E-state index contributed by atoms with van der Waals surface area (Å²) in [5, 5.41) is 0. The van der Waals surface area contributed by atoms with Gasteiger partial charge in [-0.05, 0) is 6.66 Å². The van der Waals surface area contributed by atoms with Gasteiger partial charge in [-0.3, -0.25) is 0 Å². The first kappa shape index (κ1) is 16.8. The van der Waals surface area contributed by atoms with Crippen LogP contribution in [0.2, 0.25) is 0 Å². The van der Waals surface area contributed by atoms with Crippen molar-refractivity contribution in [3.8, 4) is 0 Å². The Morgan fingerprint density at radius 3 is 1.29 bits per heavy atom. The quantitative estimate of drug-likeness (QED) is 0.269. The monoisotopic (exact) mass is 172 g/mol. The summed E-state index contributed by atoms with van der Waals surface area (Å²) >= 11 is 0. The van der Waals surface area contributed by atoms with E-state index in [0.29, 0.717) is 6.66 Å². The maximum Gasteiger partial charge on any atom is 1.00 e. The molecule has 6 heteroatoms. The zero-order valence-electron chi connectivity index (χ0n) is 4.67. The van der Waals surface area contributed by atoms with Gasteiger partial charge in [0.15, 0.2) is 0 Å². The van der Waals surface area contributed by atoms with Gasteiger partial charge < -0.3 is 14.4 Å². The van der Waals surface area contributed by atoms with Crippen molar-refractivity contribution in [2.45, 2.75) is 0 Å². The molecule has 0 heterocycles. The van der Waals surface area contributed by atoms with Crippen LogP contribution in [0.4, 0.5) is 0 Å². The first-order valence-corrected chi connectivity index (χ1v) is 2.98. The Kier molecular flexibility index (Phi) is 18.1. The van der Waals surface area contributed by atoms with Crippen LogP contribution in [0, 0.1) is 0 Å². The van der Waals surface area contributed by atoms with Crippen molar-refractivity contribution in [2.75, 3.05) is 6.66 Å². The molecule has 0 fully saturated rings. The van der Waals surface area contributed by atoms with Crippen LogP contribution in [0.1, 0.15) is 0 Å². The predicted octanol–water partition coefficient (Wildman–Crippen LogP) is -7.46. The summed E-state index contributed by atoms with van der Waals surface area (Å²) in [5.41, 5.74) is 0. The molecular weight excluding hydrogens is 169 g/mol. The Balaban J connectivity index is -0.0000000800. The van der Waals surface area contributed by atoms with Gasteiger partial charge in [-0.25, -0.2) is 0 Å². The zero-order chi connectivity index (χ0) is 4.50. The van der Waals surface area contributed by atoms with E-state index in [0.717, 1.165) is 0 Å². The van der Waals surface area contributed by atoms with Crippen LogP contribution in [0.3, 0.4) is 0 Å². The Bertz CT molecular complexity index is 59.1. The van der Waals surface area contributed by atoms with E-state index in [2.05, 4.69) is 0 Å². The third-order valence-electron chi connectivity index (χ3n) is 0. The molecule has 0 bridgehead atoms. The topological polar surface area (TPSA) is 63.2 Å². The van der Waals surface area contributed by atoms with Gasteiger partial charge in [-0.15, -0.1) is 0 Å². The molecule has 0 N–H and O–H groups in total. The molecule has 0 aromatic rings. The van der Waals surface area contributed by atoms with Gasteiger partial charge in [0.1, 0.15) is 0 Å². The molecule has 0 amide bonds. The zero-order valence-corrected chi connectivity index (χ0v) is 11.8.